The molecule has 0 amide bonds. The Morgan fingerprint density at radius 2 is 2.10 bits per heavy atom. The van der Waals surface area contributed by atoms with Crippen LogP contribution in [0.5, 0.6) is 0 Å². The van der Waals surface area contributed by atoms with E-state index in [1.54, 1.807) is 6.26 Å². The lowest BCUT2D eigenvalue weighted by molar-refractivity contribution is 0.574. The molecular weight excluding hydrogens is 250 g/mol. The number of benzene rings is 1. The molecule has 3 aromatic rings. The van der Waals surface area contributed by atoms with Gasteiger partial charge in [0.05, 0.1) is 28.8 Å². The second kappa shape index (κ2) is 4.24. The van der Waals surface area contributed by atoms with Crippen LogP contribution >= 0.6 is 0 Å². The van der Waals surface area contributed by atoms with Gasteiger partial charge in [0.25, 0.3) is 0 Å². The maximum absolute atomic E-state index is 9.24. The van der Waals surface area contributed by atoms with Gasteiger partial charge in [0.15, 0.2) is 11.6 Å². The highest BCUT2D eigenvalue weighted by Gasteiger charge is 2.21. The quantitative estimate of drug-likeness (QED) is 0.711. The Morgan fingerprint density at radius 1 is 1.30 bits per heavy atom. The van der Waals surface area contributed by atoms with Crippen molar-refractivity contribution in [1.29, 1.82) is 5.26 Å². The van der Waals surface area contributed by atoms with Gasteiger partial charge in [-0.25, -0.2) is 4.98 Å². The Hall–Kier alpha value is -2.54. The van der Waals surface area contributed by atoms with Crippen molar-refractivity contribution in [2.75, 3.05) is 0 Å². The van der Waals surface area contributed by atoms with E-state index in [0.29, 0.717) is 0 Å². The lowest BCUT2D eigenvalue weighted by Crippen LogP contribution is -2.13. The average molecular weight is 265 g/mol. The second-order valence-electron chi connectivity index (χ2n) is 5.41. The summed E-state index contributed by atoms with van der Waals surface area (Å²) in [5.74, 6) is 1.53. The third kappa shape index (κ3) is 1.79. The third-order valence-electron chi connectivity index (χ3n) is 3.62. The molecule has 0 bridgehead atoms. The molecule has 2 heterocycles. The molecule has 0 unspecified atom stereocenters. The first-order valence-electron chi connectivity index (χ1n) is 6.45. The van der Waals surface area contributed by atoms with Gasteiger partial charge in [0.2, 0.25) is 0 Å². The zero-order valence-electron chi connectivity index (χ0n) is 11.7. The molecular formula is C16H15N3O. The maximum Gasteiger partial charge on any atom is 0.176 e. The summed E-state index contributed by atoms with van der Waals surface area (Å²) in [7, 11) is 1.96. The van der Waals surface area contributed by atoms with Crippen LogP contribution < -0.4 is 0 Å². The van der Waals surface area contributed by atoms with Gasteiger partial charge in [-0.15, -0.1) is 0 Å². The van der Waals surface area contributed by atoms with Crippen molar-refractivity contribution >= 4 is 11.0 Å². The van der Waals surface area contributed by atoms with Crippen LogP contribution in [0.15, 0.2) is 41.0 Å². The summed E-state index contributed by atoms with van der Waals surface area (Å²) in [4.78, 5) is 4.62. The predicted molar refractivity (Wildman–Crippen MR) is 77.1 cm³/mol. The van der Waals surface area contributed by atoms with Crippen molar-refractivity contribution in [3.05, 3.63) is 42.2 Å². The molecule has 0 aliphatic heterocycles. The molecule has 0 radical (unpaired) electrons. The Kier molecular flexibility index (Phi) is 2.65. The van der Waals surface area contributed by atoms with Gasteiger partial charge in [-0.3, -0.25) is 0 Å². The number of aromatic nitrogens is 2. The fraction of sp³-hybridized carbons (Fsp3) is 0.250. The first kappa shape index (κ1) is 12.5. The van der Waals surface area contributed by atoms with Crippen LogP contribution in [-0.2, 0) is 12.5 Å². The summed E-state index contributed by atoms with van der Waals surface area (Å²) in [5.41, 5.74) is 2.35. The van der Waals surface area contributed by atoms with Gasteiger partial charge in [-0.1, -0.05) is 6.07 Å². The van der Waals surface area contributed by atoms with Crippen molar-refractivity contribution in [3.8, 4) is 17.7 Å². The maximum atomic E-state index is 9.24. The van der Waals surface area contributed by atoms with Crippen LogP contribution in [0, 0.1) is 11.3 Å². The van der Waals surface area contributed by atoms with Crippen molar-refractivity contribution in [2.45, 2.75) is 19.3 Å². The second-order valence-corrected chi connectivity index (χ2v) is 5.41. The Balaban J connectivity index is 2.20. The summed E-state index contributed by atoms with van der Waals surface area (Å²) in [6, 6.07) is 12.0. The summed E-state index contributed by atoms with van der Waals surface area (Å²) >= 11 is 0. The van der Waals surface area contributed by atoms with E-state index in [4.69, 9.17) is 4.42 Å². The molecule has 0 saturated heterocycles. The van der Waals surface area contributed by atoms with Crippen LogP contribution in [0.4, 0.5) is 0 Å². The fourth-order valence-electron chi connectivity index (χ4n) is 2.28. The lowest BCUT2D eigenvalue weighted by atomic mass is 9.86. The van der Waals surface area contributed by atoms with Crippen molar-refractivity contribution in [2.24, 2.45) is 7.05 Å². The molecule has 1 aromatic carbocycles. The van der Waals surface area contributed by atoms with E-state index in [9.17, 15) is 5.26 Å². The van der Waals surface area contributed by atoms with Crippen molar-refractivity contribution in [1.82, 2.24) is 9.55 Å². The first-order valence-corrected chi connectivity index (χ1v) is 6.45. The highest BCUT2D eigenvalue weighted by molar-refractivity contribution is 5.80. The molecule has 0 spiro atoms. The zero-order chi connectivity index (χ0) is 14.3. The van der Waals surface area contributed by atoms with Crippen molar-refractivity contribution in [3.63, 3.8) is 0 Å². The number of hydrogen-bond acceptors (Lipinski definition) is 3. The Labute approximate surface area is 117 Å². The van der Waals surface area contributed by atoms with Gasteiger partial charge in [-0.05, 0) is 43.7 Å². The minimum absolute atomic E-state index is 0.517. The molecule has 20 heavy (non-hydrogen) atoms. The molecule has 0 aliphatic rings. The van der Waals surface area contributed by atoms with Crippen LogP contribution in [0.3, 0.4) is 0 Å². The topological polar surface area (TPSA) is 54.8 Å². The number of fused-ring (bicyclic) bond motifs is 1. The van der Waals surface area contributed by atoms with E-state index < -0.39 is 5.41 Å². The van der Waals surface area contributed by atoms with E-state index >= 15 is 0 Å². The van der Waals surface area contributed by atoms with E-state index in [1.807, 2.05) is 55.8 Å². The fourth-order valence-corrected chi connectivity index (χ4v) is 2.28. The largest absolute Gasteiger partial charge is 0.461 e. The Morgan fingerprint density at radius 3 is 2.75 bits per heavy atom. The minimum Gasteiger partial charge on any atom is -0.461 e. The standard InChI is InChI=1S/C16H15N3O/c1-16(2,10-17)11-6-7-13-12(9-11)18-15(19(13)3)14-5-4-8-20-14/h4-9H,1-3H3. The van der Waals surface area contributed by atoms with Crippen molar-refractivity contribution < 1.29 is 4.42 Å². The minimum atomic E-state index is -0.517. The van der Waals surface area contributed by atoms with Gasteiger partial charge in [0.1, 0.15) is 0 Å². The number of furan rings is 1. The van der Waals surface area contributed by atoms with Crippen LogP contribution in [0.25, 0.3) is 22.6 Å². The van der Waals surface area contributed by atoms with E-state index in [2.05, 4.69) is 11.1 Å². The van der Waals surface area contributed by atoms with E-state index in [-0.39, 0.29) is 0 Å². The molecule has 100 valence electrons. The lowest BCUT2D eigenvalue weighted by Gasteiger charge is -2.15. The van der Waals surface area contributed by atoms with Gasteiger partial charge in [-0.2, -0.15) is 5.26 Å². The summed E-state index contributed by atoms with van der Waals surface area (Å²) in [5, 5.41) is 9.24. The molecule has 0 fully saturated rings. The monoisotopic (exact) mass is 265 g/mol. The number of nitriles is 1. The SMILES string of the molecule is Cn1c(-c2ccco2)nc2cc(C(C)(C)C#N)ccc21. The molecule has 2 aromatic heterocycles. The average Bonchev–Trinajstić information content (AvgIpc) is 3.06. The predicted octanol–water partition coefficient (Wildman–Crippen LogP) is 3.63. The van der Waals surface area contributed by atoms with Gasteiger partial charge >= 0.3 is 0 Å². The number of imidazole rings is 1. The first-order chi connectivity index (χ1) is 9.53. The molecule has 0 atom stereocenters. The summed E-state index contributed by atoms with van der Waals surface area (Å²) in [6.07, 6.45) is 1.64. The molecule has 3 rings (SSSR count). The third-order valence-corrected chi connectivity index (χ3v) is 3.62. The van der Waals surface area contributed by atoms with Crippen LogP contribution in [-0.4, -0.2) is 9.55 Å². The number of nitrogens with zero attached hydrogens (tertiary/aromatic N) is 3. The normalized spacial score (nSPS) is 11.7. The summed E-state index contributed by atoms with van der Waals surface area (Å²) in [6.45, 7) is 3.81. The highest BCUT2D eigenvalue weighted by atomic mass is 16.3. The number of hydrogen-bond donors (Lipinski definition) is 0. The van der Waals surface area contributed by atoms with E-state index in [0.717, 1.165) is 28.2 Å². The van der Waals surface area contributed by atoms with Gasteiger partial charge < -0.3 is 8.98 Å². The molecule has 4 nitrogen and oxygen atoms in total. The van der Waals surface area contributed by atoms with E-state index in [1.165, 1.54) is 0 Å². The highest BCUT2D eigenvalue weighted by Crippen LogP contribution is 2.28. The summed E-state index contributed by atoms with van der Waals surface area (Å²) < 4.78 is 7.41. The smallest absolute Gasteiger partial charge is 0.176 e. The van der Waals surface area contributed by atoms with Crippen LogP contribution in [0.2, 0.25) is 0 Å². The molecule has 4 heteroatoms. The molecule has 0 aliphatic carbocycles. The zero-order valence-corrected chi connectivity index (χ0v) is 11.7. The molecule has 0 saturated carbocycles. The number of rotatable bonds is 2. The molecule has 0 N–H and O–H groups in total. The van der Waals surface area contributed by atoms with Gasteiger partial charge in [0, 0.05) is 7.05 Å². The number of aryl methyl sites for hydroxylation is 1. The van der Waals surface area contributed by atoms with Crippen LogP contribution in [0.1, 0.15) is 19.4 Å². The Bertz CT molecular complexity index is 804.